The Bertz CT molecular complexity index is 894. The molecule has 0 fully saturated rings. The summed E-state index contributed by atoms with van der Waals surface area (Å²) in [7, 11) is 0. The van der Waals surface area contributed by atoms with E-state index >= 15 is 0 Å². The van der Waals surface area contributed by atoms with E-state index in [-0.39, 0.29) is 5.69 Å². The van der Waals surface area contributed by atoms with E-state index in [1.54, 1.807) is 6.07 Å². The molecule has 0 saturated carbocycles. The molecule has 5 nitrogen and oxygen atoms in total. The first kappa shape index (κ1) is 13.3. The van der Waals surface area contributed by atoms with Crippen molar-refractivity contribution in [2.45, 2.75) is 0 Å². The highest BCUT2D eigenvalue weighted by molar-refractivity contribution is 5.86. The van der Waals surface area contributed by atoms with Crippen molar-refractivity contribution in [3.63, 3.8) is 0 Å². The van der Waals surface area contributed by atoms with Gasteiger partial charge in [-0.25, -0.2) is 0 Å². The standard InChI is InChI=1S/C18H12N2O3/c21-20(22)14-10-11-16-18(12-14)23-17-9-5-4-8-15(17)19(16)13-6-2-1-3-7-13/h1-12H. The van der Waals surface area contributed by atoms with Gasteiger partial charge in [0.25, 0.3) is 5.69 Å². The first-order valence-electron chi connectivity index (χ1n) is 7.14. The van der Waals surface area contributed by atoms with Gasteiger partial charge in [0, 0.05) is 11.8 Å². The molecule has 3 aromatic carbocycles. The second-order valence-corrected chi connectivity index (χ2v) is 5.15. The maximum atomic E-state index is 11.0. The second-order valence-electron chi connectivity index (χ2n) is 5.15. The molecule has 0 spiro atoms. The number of ether oxygens (including phenoxy) is 1. The molecule has 112 valence electrons. The average molecular weight is 304 g/mol. The van der Waals surface area contributed by atoms with E-state index in [4.69, 9.17) is 4.74 Å². The number of nitro benzene ring substituents is 1. The van der Waals surface area contributed by atoms with Crippen LogP contribution < -0.4 is 9.64 Å². The van der Waals surface area contributed by atoms with Gasteiger partial charge >= 0.3 is 0 Å². The normalized spacial score (nSPS) is 12.1. The van der Waals surface area contributed by atoms with Crippen molar-refractivity contribution < 1.29 is 9.66 Å². The molecule has 1 aliphatic rings. The lowest BCUT2D eigenvalue weighted by Crippen LogP contribution is -2.15. The van der Waals surface area contributed by atoms with Crippen molar-refractivity contribution in [2.75, 3.05) is 4.90 Å². The van der Waals surface area contributed by atoms with E-state index in [9.17, 15) is 10.1 Å². The van der Waals surface area contributed by atoms with Crippen LogP contribution in [0, 0.1) is 10.1 Å². The number of nitro groups is 1. The van der Waals surface area contributed by atoms with E-state index < -0.39 is 4.92 Å². The molecule has 1 heterocycles. The van der Waals surface area contributed by atoms with Gasteiger partial charge in [-0.2, -0.15) is 0 Å². The molecule has 0 bridgehead atoms. The highest BCUT2D eigenvalue weighted by Gasteiger charge is 2.27. The van der Waals surface area contributed by atoms with E-state index in [1.165, 1.54) is 12.1 Å². The zero-order chi connectivity index (χ0) is 15.8. The van der Waals surface area contributed by atoms with Gasteiger partial charge in [-0.3, -0.25) is 10.1 Å². The molecule has 3 aromatic rings. The van der Waals surface area contributed by atoms with Crippen LogP contribution in [0.2, 0.25) is 0 Å². The lowest BCUT2D eigenvalue weighted by molar-refractivity contribution is -0.384. The SMILES string of the molecule is O=[N+]([O-])c1ccc2c(c1)Oc1ccccc1N2c1ccccc1. The summed E-state index contributed by atoms with van der Waals surface area (Å²) in [5, 5.41) is 11.0. The van der Waals surface area contributed by atoms with E-state index in [1.807, 2.05) is 59.5 Å². The van der Waals surface area contributed by atoms with Gasteiger partial charge in [0.15, 0.2) is 11.5 Å². The number of hydrogen-bond donors (Lipinski definition) is 0. The fourth-order valence-corrected chi connectivity index (χ4v) is 2.71. The van der Waals surface area contributed by atoms with Crippen LogP contribution in [-0.2, 0) is 0 Å². The Morgan fingerprint density at radius 1 is 0.826 bits per heavy atom. The molecule has 23 heavy (non-hydrogen) atoms. The first-order valence-corrected chi connectivity index (χ1v) is 7.14. The van der Waals surface area contributed by atoms with Crippen molar-refractivity contribution in [3.05, 3.63) is 82.9 Å². The molecule has 0 radical (unpaired) electrons. The third-order valence-corrected chi connectivity index (χ3v) is 3.74. The summed E-state index contributed by atoms with van der Waals surface area (Å²) in [6.45, 7) is 0. The van der Waals surface area contributed by atoms with Gasteiger partial charge in [0.2, 0.25) is 0 Å². The predicted molar refractivity (Wildman–Crippen MR) is 87.9 cm³/mol. The molecule has 0 amide bonds. The number of anilines is 3. The van der Waals surface area contributed by atoms with Crippen LogP contribution in [0.3, 0.4) is 0 Å². The molecular weight excluding hydrogens is 292 g/mol. The van der Waals surface area contributed by atoms with Crippen molar-refractivity contribution in [3.8, 4) is 11.5 Å². The molecule has 4 rings (SSSR count). The van der Waals surface area contributed by atoms with Crippen LogP contribution in [0.1, 0.15) is 0 Å². The molecular formula is C18H12N2O3. The minimum atomic E-state index is -0.420. The fraction of sp³-hybridized carbons (Fsp3) is 0. The lowest BCUT2D eigenvalue weighted by Gasteiger charge is -2.32. The summed E-state index contributed by atoms with van der Waals surface area (Å²) in [5.74, 6) is 1.14. The van der Waals surface area contributed by atoms with Crippen LogP contribution in [-0.4, -0.2) is 4.92 Å². The zero-order valence-electron chi connectivity index (χ0n) is 12.0. The molecule has 0 N–H and O–H groups in total. The molecule has 0 aromatic heterocycles. The minimum Gasteiger partial charge on any atom is -0.453 e. The third-order valence-electron chi connectivity index (χ3n) is 3.74. The Hall–Kier alpha value is -3.34. The topological polar surface area (TPSA) is 55.6 Å². The molecule has 0 unspecified atom stereocenters. The summed E-state index contributed by atoms with van der Waals surface area (Å²) >= 11 is 0. The van der Waals surface area contributed by atoms with Crippen molar-refractivity contribution >= 4 is 22.7 Å². The fourth-order valence-electron chi connectivity index (χ4n) is 2.71. The maximum absolute atomic E-state index is 11.0. The van der Waals surface area contributed by atoms with E-state index in [0.717, 1.165) is 17.1 Å². The monoisotopic (exact) mass is 304 g/mol. The summed E-state index contributed by atoms with van der Waals surface area (Å²) in [6.07, 6.45) is 0. The smallest absolute Gasteiger partial charge is 0.273 e. The maximum Gasteiger partial charge on any atom is 0.273 e. The first-order chi connectivity index (χ1) is 11.2. The summed E-state index contributed by atoms with van der Waals surface area (Å²) in [5.41, 5.74) is 2.66. The minimum absolute atomic E-state index is 0.0103. The Morgan fingerprint density at radius 3 is 2.30 bits per heavy atom. The molecule has 0 aliphatic carbocycles. The molecule has 1 aliphatic heterocycles. The van der Waals surface area contributed by atoms with Crippen LogP contribution in [0.5, 0.6) is 11.5 Å². The largest absolute Gasteiger partial charge is 0.453 e. The summed E-state index contributed by atoms with van der Waals surface area (Å²) < 4.78 is 5.87. The quantitative estimate of drug-likeness (QED) is 0.378. The predicted octanol–water partition coefficient (Wildman–Crippen LogP) is 5.17. The number of benzene rings is 3. The van der Waals surface area contributed by atoms with Crippen molar-refractivity contribution in [1.29, 1.82) is 0 Å². The number of nitrogens with zero attached hydrogens (tertiary/aromatic N) is 2. The molecule has 0 saturated heterocycles. The van der Waals surface area contributed by atoms with Crippen molar-refractivity contribution in [1.82, 2.24) is 0 Å². The summed E-state index contributed by atoms with van der Waals surface area (Å²) in [4.78, 5) is 12.6. The second kappa shape index (κ2) is 5.14. The third kappa shape index (κ3) is 2.19. The van der Waals surface area contributed by atoms with E-state index in [0.29, 0.717) is 11.5 Å². The van der Waals surface area contributed by atoms with Crippen molar-refractivity contribution in [2.24, 2.45) is 0 Å². The molecule has 0 atom stereocenters. The van der Waals surface area contributed by atoms with Crippen LogP contribution >= 0.6 is 0 Å². The number of para-hydroxylation sites is 3. The van der Waals surface area contributed by atoms with Gasteiger partial charge < -0.3 is 9.64 Å². The van der Waals surface area contributed by atoms with E-state index in [2.05, 4.69) is 0 Å². The van der Waals surface area contributed by atoms with Crippen LogP contribution in [0.25, 0.3) is 0 Å². The highest BCUT2D eigenvalue weighted by atomic mass is 16.6. The van der Waals surface area contributed by atoms with Crippen LogP contribution in [0.15, 0.2) is 72.8 Å². The lowest BCUT2D eigenvalue weighted by atomic mass is 10.1. The Morgan fingerprint density at radius 2 is 1.52 bits per heavy atom. The Kier molecular flexibility index (Phi) is 2.98. The number of rotatable bonds is 2. The Balaban J connectivity index is 1.94. The number of non-ortho nitro benzene ring substituents is 1. The zero-order valence-corrected chi connectivity index (χ0v) is 12.0. The van der Waals surface area contributed by atoms with Gasteiger partial charge in [-0.05, 0) is 30.3 Å². The summed E-state index contributed by atoms with van der Waals surface area (Å²) in [6, 6.07) is 22.2. The van der Waals surface area contributed by atoms with Gasteiger partial charge in [-0.1, -0.05) is 30.3 Å². The highest BCUT2D eigenvalue weighted by Crippen LogP contribution is 2.50. The van der Waals surface area contributed by atoms with Crippen LogP contribution in [0.4, 0.5) is 22.7 Å². The number of fused-ring (bicyclic) bond motifs is 2. The van der Waals surface area contributed by atoms with Gasteiger partial charge in [-0.15, -0.1) is 0 Å². The number of hydrogen-bond acceptors (Lipinski definition) is 4. The van der Waals surface area contributed by atoms with Gasteiger partial charge in [0.1, 0.15) is 0 Å². The molecule has 5 heteroatoms. The van der Waals surface area contributed by atoms with Gasteiger partial charge in [0.05, 0.1) is 22.4 Å². The average Bonchev–Trinajstić information content (AvgIpc) is 2.59. The Labute approximate surface area is 132 Å².